The molecule has 2 aromatic carbocycles. The van der Waals surface area contributed by atoms with Crippen LogP contribution in [0, 0.1) is 0 Å². The number of methoxy groups -OCH3 is 1. The van der Waals surface area contributed by atoms with E-state index < -0.39 is 5.97 Å². The minimum Gasteiger partial charge on any atom is -0.466 e. The fourth-order valence-corrected chi connectivity index (χ4v) is 2.12. The van der Waals surface area contributed by atoms with E-state index in [1.165, 1.54) is 18.6 Å². The van der Waals surface area contributed by atoms with E-state index in [4.69, 9.17) is 0 Å². The molecule has 2 aromatic rings. The molecule has 1 amide bonds. The molecule has 0 aromatic heterocycles. The predicted octanol–water partition coefficient (Wildman–Crippen LogP) is 1.29. The van der Waals surface area contributed by atoms with Gasteiger partial charge in [0, 0.05) is 11.8 Å². The summed E-state index contributed by atoms with van der Waals surface area (Å²) in [5.74, 6) is -0.415. The summed E-state index contributed by atoms with van der Waals surface area (Å²) in [6.45, 7) is 0.494. The van der Waals surface area contributed by atoms with Gasteiger partial charge in [0.25, 0.3) is 0 Å². The van der Waals surface area contributed by atoms with Crippen LogP contribution in [0.25, 0.3) is 6.08 Å². The quantitative estimate of drug-likeness (QED) is 0.350. The first-order valence-electron chi connectivity index (χ1n) is 7.26. The lowest BCUT2D eigenvalue weighted by atomic mass is 9.95. The molecule has 0 fully saturated rings. The van der Waals surface area contributed by atoms with Gasteiger partial charge in [-0.1, -0.05) is 41.9 Å². The number of carbonyl (C=O) groups is 2. The Balaban J connectivity index is 2.17. The molecule has 0 aliphatic carbocycles. The highest BCUT2D eigenvalue weighted by Gasteiger charge is 2.06. The molecule has 0 unspecified atom stereocenters. The van der Waals surface area contributed by atoms with Gasteiger partial charge in [-0.15, -0.1) is 0 Å². The smallest absolute Gasteiger partial charge is 0.330 e. The molecule has 0 N–H and O–H groups in total. The van der Waals surface area contributed by atoms with Gasteiger partial charge in [-0.3, -0.25) is 4.79 Å². The maximum atomic E-state index is 11.4. The van der Waals surface area contributed by atoms with E-state index in [0.717, 1.165) is 23.2 Å². The SMILES string of the molecule is Bc1ccc(CN(C=O)c2cccc(/C=C/C(=O)OC)c2)cc1. The zero-order valence-electron chi connectivity index (χ0n) is 13.2. The number of nitrogens with zero attached hydrogens (tertiary/aromatic N) is 1. The minimum atomic E-state index is -0.415. The molecule has 5 heteroatoms. The number of ether oxygens (including phenoxy) is 1. The van der Waals surface area contributed by atoms with Gasteiger partial charge < -0.3 is 9.64 Å². The number of rotatable bonds is 6. The van der Waals surface area contributed by atoms with Crippen LogP contribution in [-0.2, 0) is 20.9 Å². The molecule has 0 saturated heterocycles. The van der Waals surface area contributed by atoms with Gasteiger partial charge in [0.05, 0.1) is 13.7 Å². The second-order valence-corrected chi connectivity index (χ2v) is 5.17. The van der Waals surface area contributed by atoms with Crippen LogP contribution in [0.4, 0.5) is 5.69 Å². The average molecular weight is 307 g/mol. The van der Waals surface area contributed by atoms with Crippen molar-refractivity contribution in [3.8, 4) is 0 Å². The van der Waals surface area contributed by atoms with Crippen LogP contribution in [0.15, 0.2) is 54.6 Å². The summed E-state index contributed by atoms with van der Waals surface area (Å²) in [6, 6.07) is 15.5. The van der Waals surface area contributed by atoms with Crippen molar-refractivity contribution in [1.29, 1.82) is 0 Å². The zero-order chi connectivity index (χ0) is 16.7. The molecule has 0 bridgehead atoms. The van der Waals surface area contributed by atoms with Gasteiger partial charge in [-0.2, -0.15) is 0 Å². The first-order chi connectivity index (χ1) is 11.1. The molecular weight excluding hydrogens is 289 g/mol. The molecule has 0 spiro atoms. The van der Waals surface area contributed by atoms with Gasteiger partial charge in [-0.05, 0) is 29.3 Å². The summed E-state index contributed by atoms with van der Waals surface area (Å²) in [4.78, 5) is 24.2. The van der Waals surface area contributed by atoms with Crippen LogP contribution >= 0.6 is 0 Å². The number of benzene rings is 2. The number of carbonyl (C=O) groups excluding carboxylic acids is 2. The number of esters is 1. The van der Waals surface area contributed by atoms with Crippen molar-refractivity contribution in [2.24, 2.45) is 0 Å². The third-order valence-electron chi connectivity index (χ3n) is 3.42. The molecule has 23 heavy (non-hydrogen) atoms. The van der Waals surface area contributed by atoms with Gasteiger partial charge in [0.1, 0.15) is 7.85 Å². The van der Waals surface area contributed by atoms with Crippen LogP contribution in [0.2, 0.25) is 0 Å². The van der Waals surface area contributed by atoms with Gasteiger partial charge >= 0.3 is 5.97 Å². The van der Waals surface area contributed by atoms with E-state index in [9.17, 15) is 9.59 Å². The highest BCUT2D eigenvalue weighted by molar-refractivity contribution is 6.32. The van der Waals surface area contributed by atoms with Crippen LogP contribution in [-0.4, -0.2) is 27.3 Å². The summed E-state index contributed by atoms with van der Waals surface area (Å²) in [6.07, 6.45) is 3.82. The molecule has 4 nitrogen and oxygen atoms in total. The lowest BCUT2D eigenvalue weighted by Crippen LogP contribution is -2.20. The second kappa shape index (κ2) is 7.99. The Morgan fingerprint density at radius 1 is 1.22 bits per heavy atom. The van der Waals surface area contributed by atoms with Crippen molar-refractivity contribution < 1.29 is 14.3 Å². The molecule has 0 heterocycles. The highest BCUT2D eigenvalue weighted by atomic mass is 16.5. The third-order valence-corrected chi connectivity index (χ3v) is 3.42. The van der Waals surface area contributed by atoms with E-state index in [-0.39, 0.29) is 0 Å². The van der Waals surface area contributed by atoms with Gasteiger partial charge in [0.2, 0.25) is 6.41 Å². The molecule has 116 valence electrons. The van der Waals surface area contributed by atoms with Crippen molar-refractivity contribution in [3.63, 3.8) is 0 Å². The molecule has 0 aliphatic rings. The van der Waals surface area contributed by atoms with Crippen molar-refractivity contribution in [2.45, 2.75) is 6.54 Å². The number of amides is 1. The monoisotopic (exact) mass is 307 g/mol. The molecule has 2 rings (SSSR count). The van der Waals surface area contributed by atoms with E-state index in [0.29, 0.717) is 6.54 Å². The molecule has 0 atom stereocenters. The Bertz CT molecular complexity index is 710. The Kier molecular flexibility index (Phi) is 5.75. The number of hydrogen-bond acceptors (Lipinski definition) is 3. The minimum absolute atomic E-state index is 0.415. The van der Waals surface area contributed by atoms with E-state index in [2.05, 4.69) is 4.74 Å². The lowest BCUT2D eigenvalue weighted by molar-refractivity contribution is -0.134. The maximum Gasteiger partial charge on any atom is 0.330 e. The summed E-state index contributed by atoms with van der Waals surface area (Å²) < 4.78 is 4.57. The van der Waals surface area contributed by atoms with Gasteiger partial charge in [0.15, 0.2) is 0 Å². The fraction of sp³-hybridized carbons (Fsp3) is 0.111. The largest absolute Gasteiger partial charge is 0.466 e. The summed E-state index contributed by atoms with van der Waals surface area (Å²) >= 11 is 0. The topological polar surface area (TPSA) is 46.6 Å². The summed E-state index contributed by atoms with van der Waals surface area (Å²) in [5, 5.41) is 0. The number of anilines is 1. The first-order valence-corrected chi connectivity index (χ1v) is 7.26. The average Bonchev–Trinajstić information content (AvgIpc) is 2.59. The second-order valence-electron chi connectivity index (χ2n) is 5.17. The van der Waals surface area contributed by atoms with E-state index in [1.807, 2.05) is 56.4 Å². The normalized spacial score (nSPS) is 10.5. The van der Waals surface area contributed by atoms with E-state index in [1.54, 1.807) is 11.0 Å². The molecule has 0 saturated carbocycles. The zero-order valence-corrected chi connectivity index (χ0v) is 13.2. The summed E-state index contributed by atoms with van der Waals surface area (Å²) in [7, 11) is 3.36. The standard InChI is InChI=1S/C18H18BNO3/c1-23-18(22)10-7-14-3-2-4-17(11-14)20(13-21)12-15-5-8-16(19)9-6-15/h2-11,13H,12,19H2,1H3/b10-7+. The van der Waals surface area contributed by atoms with Gasteiger partial charge in [-0.25, -0.2) is 4.79 Å². The number of hydrogen-bond donors (Lipinski definition) is 0. The van der Waals surface area contributed by atoms with Crippen LogP contribution in [0.1, 0.15) is 11.1 Å². The van der Waals surface area contributed by atoms with E-state index >= 15 is 0 Å². The Hall–Kier alpha value is -2.82. The molecule has 0 radical (unpaired) electrons. The Labute approximate surface area is 136 Å². The van der Waals surface area contributed by atoms with Crippen LogP contribution < -0.4 is 10.4 Å². The predicted molar refractivity (Wildman–Crippen MR) is 94.4 cm³/mol. The Morgan fingerprint density at radius 3 is 2.61 bits per heavy atom. The fourth-order valence-electron chi connectivity index (χ4n) is 2.12. The maximum absolute atomic E-state index is 11.4. The Morgan fingerprint density at radius 2 is 1.96 bits per heavy atom. The van der Waals surface area contributed by atoms with Crippen molar-refractivity contribution in [3.05, 3.63) is 65.7 Å². The van der Waals surface area contributed by atoms with Crippen molar-refractivity contribution >= 4 is 37.5 Å². The van der Waals surface area contributed by atoms with Crippen LogP contribution in [0.5, 0.6) is 0 Å². The van der Waals surface area contributed by atoms with Crippen molar-refractivity contribution in [1.82, 2.24) is 0 Å². The lowest BCUT2D eigenvalue weighted by Gasteiger charge is -2.18. The summed E-state index contributed by atoms with van der Waals surface area (Å²) in [5.41, 5.74) is 3.83. The first kappa shape index (κ1) is 16.6. The van der Waals surface area contributed by atoms with Crippen molar-refractivity contribution in [2.75, 3.05) is 12.0 Å². The third kappa shape index (κ3) is 4.85. The molecular formula is C18H18BNO3. The van der Waals surface area contributed by atoms with Crippen LogP contribution in [0.3, 0.4) is 0 Å². The highest BCUT2D eigenvalue weighted by Crippen LogP contribution is 2.18. The molecule has 0 aliphatic heterocycles.